The van der Waals surface area contributed by atoms with Crippen molar-refractivity contribution in [2.45, 2.75) is 11.1 Å². The molecule has 0 aliphatic heterocycles. The number of nitrogens with zero attached hydrogens (tertiary/aromatic N) is 1. The first-order chi connectivity index (χ1) is 8.73. The van der Waals surface area contributed by atoms with E-state index >= 15 is 0 Å². The van der Waals surface area contributed by atoms with Gasteiger partial charge in [-0.3, -0.25) is 0 Å². The van der Waals surface area contributed by atoms with Crippen LogP contribution in [0.15, 0.2) is 47.5 Å². The second-order valence-electron chi connectivity index (χ2n) is 3.65. The average Bonchev–Trinajstić information content (AvgIpc) is 2.75. The van der Waals surface area contributed by atoms with Crippen molar-refractivity contribution in [1.82, 2.24) is 3.97 Å². The largest absolute Gasteiger partial charge is 0.416 e. The summed E-state index contributed by atoms with van der Waals surface area (Å²) >= 11 is 5.68. The SMILES string of the molecule is O=S(=O)(c1ccc(C(F)(F)F)cc1)n1cccc1Cl. The smallest absolute Gasteiger partial charge is 0.231 e. The van der Waals surface area contributed by atoms with Gasteiger partial charge in [-0.15, -0.1) is 0 Å². The summed E-state index contributed by atoms with van der Waals surface area (Å²) in [5.74, 6) is 0. The lowest BCUT2D eigenvalue weighted by molar-refractivity contribution is -0.137. The Kier molecular flexibility index (Phi) is 3.36. The minimum Gasteiger partial charge on any atom is -0.231 e. The molecule has 1 aromatic carbocycles. The van der Waals surface area contributed by atoms with Gasteiger partial charge in [-0.1, -0.05) is 11.6 Å². The molecule has 8 heteroatoms. The van der Waals surface area contributed by atoms with E-state index in [4.69, 9.17) is 11.6 Å². The summed E-state index contributed by atoms with van der Waals surface area (Å²) in [6.07, 6.45) is -3.29. The van der Waals surface area contributed by atoms with Crippen LogP contribution in [0.3, 0.4) is 0 Å². The van der Waals surface area contributed by atoms with Crippen molar-refractivity contribution in [2.24, 2.45) is 0 Å². The third kappa shape index (κ3) is 2.62. The fraction of sp³-hybridized carbons (Fsp3) is 0.0909. The number of hydrogen-bond acceptors (Lipinski definition) is 2. The second kappa shape index (κ2) is 4.57. The van der Waals surface area contributed by atoms with Crippen LogP contribution in [-0.2, 0) is 16.2 Å². The number of rotatable bonds is 2. The van der Waals surface area contributed by atoms with E-state index in [-0.39, 0.29) is 10.0 Å². The molecule has 0 saturated heterocycles. The van der Waals surface area contributed by atoms with Gasteiger partial charge in [0.1, 0.15) is 5.15 Å². The molecule has 0 atom stereocenters. The molecular weight excluding hydrogens is 303 g/mol. The highest BCUT2D eigenvalue weighted by atomic mass is 35.5. The minimum atomic E-state index is -4.51. The first-order valence-corrected chi connectivity index (χ1v) is 6.80. The Balaban J connectivity index is 2.46. The van der Waals surface area contributed by atoms with Crippen LogP contribution in [0.4, 0.5) is 13.2 Å². The van der Waals surface area contributed by atoms with E-state index in [0.717, 1.165) is 16.1 Å². The van der Waals surface area contributed by atoms with Crippen molar-refractivity contribution in [3.63, 3.8) is 0 Å². The van der Waals surface area contributed by atoms with Gasteiger partial charge >= 0.3 is 6.18 Å². The predicted octanol–water partition coefficient (Wildman–Crippen LogP) is 3.40. The Morgan fingerprint density at radius 1 is 1.05 bits per heavy atom. The first-order valence-electron chi connectivity index (χ1n) is 4.98. The van der Waals surface area contributed by atoms with E-state index in [1.165, 1.54) is 18.3 Å². The third-order valence-electron chi connectivity index (χ3n) is 2.40. The predicted molar refractivity (Wildman–Crippen MR) is 63.5 cm³/mol. The van der Waals surface area contributed by atoms with Crippen LogP contribution in [0.2, 0.25) is 5.15 Å². The molecule has 19 heavy (non-hydrogen) atoms. The van der Waals surface area contributed by atoms with Crippen LogP contribution in [0, 0.1) is 0 Å². The van der Waals surface area contributed by atoms with Crippen molar-refractivity contribution < 1.29 is 21.6 Å². The van der Waals surface area contributed by atoms with E-state index in [9.17, 15) is 21.6 Å². The first kappa shape index (κ1) is 14.0. The standard InChI is InChI=1S/C11H7ClF3NO2S/c12-10-2-1-7-16(10)19(17,18)9-5-3-8(4-6-9)11(13,14)15/h1-7H. The molecule has 0 bridgehead atoms. The summed E-state index contributed by atoms with van der Waals surface area (Å²) in [5.41, 5.74) is -0.912. The number of halogens is 4. The lowest BCUT2D eigenvalue weighted by Crippen LogP contribution is -2.12. The monoisotopic (exact) mass is 309 g/mol. The van der Waals surface area contributed by atoms with Crippen molar-refractivity contribution in [2.75, 3.05) is 0 Å². The Morgan fingerprint density at radius 3 is 2.05 bits per heavy atom. The molecule has 0 spiro atoms. The van der Waals surface area contributed by atoms with Gasteiger partial charge in [-0.25, -0.2) is 12.4 Å². The van der Waals surface area contributed by atoms with Crippen molar-refractivity contribution in [1.29, 1.82) is 0 Å². The van der Waals surface area contributed by atoms with Crippen molar-refractivity contribution in [3.8, 4) is 0 Å². The van der Waals surface area contributed by atoms with Gasteiger partial charge in [-0.2, -0.15) is 13.2 Å². The number of alkyl halides is 3. The molecule has 0 saturated carbocycles. The van der Waals surface area contributed by atoms with Gasteiger partial charge in [-0.05, 0) is 36.4 Å². The zero-order valence-corrected chi connectivity index (χ0v) is 10.8. The van der Waals surface area contributed by atoms with Crippen molar-refractivity contribution in [3.05, 3.63) is 53.3 Å². The molecule has 3 nitrogen and oxygen atoms in total. The van der Waals surface area contributed by atoms with Crippen LogP contribution in [-0.4, -0.2) is 12.4 Å². The lowest BCUT2D eigenvalue weighted by atomic mass is 10.2. The molecular formula is C11H7ClF3NO2S. The third-order valence-corrected chi connectivity index (χ3v) is 4.52. The zero-order valence-electron chi connectivity index (χ0n) is 9.23. The Hall–Kier alpha value is -1.47. The van der Waals surface area contributed by atoms with E-state index in [1.54, 1.807) is 0 Å². The van der Waals surface area contributed by atoms with Crippen LogP contribution in [0.5, 0.6) is 0 Å². The van der Waals surface area contributed by atoms with Gasteiger partial charge in [0.05, 0.1) is 10.5 Å². The molecule has 2 aromatic rings. The van der Waals surface area contributed by atoms with Crippen molar-refractivity contribution >= 4 is 21.6 Å². The van der Waals surface area contributed by atoms with E-state index < -0.39 is 21.8 Å². The Labute approximate surface area is 112 Å². The summed E-state index contributed by atoms with van der Waals surface area (Å²) in [6.45, 7) is 0. The molecule has 1 heterocycles. The Bertz CT molecular complexity index is 689. The van der Waals surface area contributed by atoms with E-state index in [1.807, 2.05) is 0 Å². The van der Waals surface area contributed by atoms with Gasteiger partial charge in [0.15, 0.2) is 0 Å². The highest BCUT2D eigenvalue weighted by Gasteiger charge is 2.30. The number of benzene rings is 1. The van der Waals surface area contributed by atoms with Crippen LogP contribution in [0.1, 0.15) is 5.56 Å². The van der Waals surface area contributed by atoms with Gasteiger partial charge in [0.25, 0.3) is 10.0 Å². The average molecular weight is 310 g/mol. The normalized spacial score (nSPS) is 12.6. The molecule has 0 fully saturated rings. The fourth-order valence-corrected chi connectivity index (χ4v) is 3.10. The van der Waals surface area contributed by atoms with Crippen LogP contribution in [0.25, 0.3) is 0 Å². The number of aromatic nitrogens is 1. The summed E-state index contributed by atoms with van der Waals surface area (Å²) in [7, 11) is -3.97. The highest BCUT2D eigenvalue weighted by Crippen LogP contribution is 2.30. The van der Waals surface area contributed by atoms with E-state index in [0.29, 0.717) is 12.1 Å². The molecule has 1 aromatic heterocycles. The maximum atomic E-state index is 12.4. The molecule has 0 N–H and O–H groups in total. The van der Waals surface area contributed by atoms with Gasteiger partial charge < -0.3 is 0 Å². The number of hydrogen-bond donors (Lipinski definition) is 0. The van der Waals surface area contributed by atoms with Crippen LogP contribution < -0.4 is 0 Å². The van der Waals surface area contributed by atoms with Gasteiger partial charge in [0, 0.05) is 6.20 Å². The lowest BCUT2D eigenvalue weighted by Gasteiger charge is -2.09. The maximum absolute atomic E-state index is 12.4. The minimum absolute atomic E-state index is 0.0418. The summed E-state index contributed by atoms with van der Waals surface area (Å²) in [4.78, 5) is -0.265. The fourth-order valence-electron chi connectivity index (χ4n) is 1.47. The molecule has 0 amide bonds. The molecule has 0 unspecified atom stereocenters. The maximum Gasteiger partial charge on any atom is 0.416 e. The molecule has 0 radical (unpaired) electrons. The molecule has 0 aliphatic rings. The quantitative estimate of drug-likeness (QED) is 0.853. The summed E-state index contributed by atoms with van der Waals surface area (Å²) in [6, 6.07) is 6.00. The molecule has 102 valence electrons. The summed E-state index contributed by atoms with van der Waals surface area (Å²) in [5, 5.41) is -0.0418. The topological polar surface area (TPSA) is 39.1 Å². The summed E-state index contributed by atoms with van der Waals surface area (Å²) < 4.78 is 62.1. The molecule has 2 rings (SSSR count). The highest BCUT2D eigenvalue weighted by molar-refractivity contribution is 7.90. The molecule has 0 aliphatic carbocycles. The zero-order chi connectivity index (χ0) is 14.3. The van der Waals surface area contributed by atoms with Gasteiger partial charge in [0.2, 0.25) is 0 Å². The Morgan fingerprint density at radius 2 is 1.63 bits per heavy atom. The second-order valence-corrected chi connectivity index (χ2v) is 5.86. The van der Waals surface area contributed by atoms with E-state index in [2.05, 4.69) is 0 Å². The van der Waals surface area contributed by atoms with Crippen LogP contribution >= 0.6 is 11.6 Å².